The van der Waals surface area contributed by atoms with E-state index in [1.54, 1.807) is 26.0 Å². The zero-order chi connectivity index (χ0) is 21.7. The van der Waals surface area contributed by atoms with Crippen LogP contribution < -0.4 is 19.8 Å². The second kappa shape index (κ2) is 9.35. The minimum atomic E-state index is -0.147. The Balaban J connectivity index is 2.12. The molecular weight excluding hydrogens is 382 g/mol. The molecule has 0 amide bonds. The van der Waals surface area contributed by atoms with Gasteiger partial charge in [-0.15, -0.1) is 0 Å². The lowest BCUT2D eigenvalue weighted by Gasteiger charge is -2.10. The number of hydrogen-bond acceptors (Lipinski definition) is 5. The normalized spacial score (nSPS) is 11.4. The van der Waals surface area contributed by atoms with E-state index in [0.717, 1.165) is 30.0 Å². The van der Waals surface area contributed by atoms with Gasteiger partial charge in [0.2, 0.25) is 0 Å². The highest BCUT2D eigenvalue weighted by Crippen LogP contribution is 2.37. The number of aryl methyl sites for hydroxylation is 1. The van der Waals surface area contributed by atoms with Crippen LogP contribution in [0.5, 0.6) is 17.2 Å². The molecule has 0 bridgehead atoms. The Morgan fingerprint density at radius 3 is 2.37 bits per heavy atom. The van der Waals surface area contributed by atoms with Crippen molar-refractivity contribution >= 4 is 11.4 Å². The number of nitrogens with zero attached hydrogens (tertiary/aromatic N) is 2. The van der Waals surface area contributed by atoms with Crippen LogP contribution in [-0.2, 0) is 6.42 Å². The predicted molar refractivity (Wildman–Crippen MR) is 118 cm³/mol. The Labute approximate surface area is 175 Å². The van der Waals surface area contributed by atoms with Gasteiger partial charge >= 0.3 is 0 Å². The molecule has 0 unspecified atom stereocenters. The second-order valence-corrected chi connectivity index (χ2v) is 6.76. The van der Waals surface area contributed by atoms with Crippen molar-refractivity contribution in [2.24, 2.45) is 4.99 Å². The number of aromatic nitrogens is 2. The van der Waals surface area contributed by atoms with E-state index in [0.29, 0.717) is 28.5 Å². The number of aliphatic imine (C=N–C) groups is 1. The van der Waals surface area contributed by atoms with E-state index >= 15 is 0 Å². The van der Waals surface area contributed by atoms with E-state index < -0.39 is 0 Å². The minimum absolute atomic E-state index is 0.147. The van der Waals surface area contributed by atoms with E-state index in [-0.39, 0.29) is 5.56 Å². The molecular formula is C23H27N3O4. The van der Waals surface area contributed by atoms with E-state index in [9.17, 15) is 4.79 Å². The first kappa shape index (κ1) is 21.2. The molecule has 3 aromatic rings. The third kappa shape index (κ3) is 4.10. The van der Waals surface area contributed by atoms with Crippen LogP contribution in [-0.4, -0.2) is 36.8 Å². The Kier molecular flexibility index (Phi) is 6.61. The van der Waals surface area contributed by atoms with E-state index in [1.165, 1.54) is 0 Å². The summed E-state index contributed by atoms with van der Waals surface area (Å²) in [7, 11) is 4.76. The van der Waals surface area contributed by atoms with Crippen LogP contribution in [0.2, 0.25) is 0 Å². The third-order valence-corrected chi connectivity index (χ3v) is 4.83. The van der Waals surface area contributed by atoms with Gasteiger partial charge in [-0.3, -0.25) is 9.89 Å². The first-order valence-corrected chi connectivity index (χ1v) is 9.79. The molecule has 7 heteroatoms. The Morgan fingerprint density at radius 1 is 1.03 bits per heavy atom. The van der Waals surface area contributed by atoms with Crippen molar-refractivity contribution in [2.75, 3.05) is 21.3 Å². The van der Waals surface area contributed by atoms with Crippen LogP contribution in [0.1, 0.15) is 31.5 Å². The molecule has 0 spiro atoms. The molecule has 3 rings (SSSR count). The standard InChI is InChI=1S/C23H27N3O4/c1-6-8-18-21(15(2)24-19-9-7-10-20(29-4)22(19)30-5)23(27)26(25-18)16-11-13-17(28-3)14-12-16/h7,9-14,25H,6,8H2,1-5H3. The lowest BCUT2D eigenvalue weighted by molar-refractivity contribution is 0.356. The van der Waals surface area contributed by atoms with E-state index in [2.05, 4.69) is 12.0 Å². The lowest BCUT2D eigenvalue weighted by Crippen LogP contribution is -2.19. The molecule has 2 aromatic carbocycles. The smallest absolute Gasteiger partial charge is 0.280 e. The molecule has 0 aliphatic rings. The fourth-order valence-electron chi connectivity index (χ4n) is 3.39. The number of nitrogens with one attached hydrogen (secondary N) is 1. The van der Waals surface area contributed by atoms with Crippen LogP contribution >= 0.6 is 0 Å². The Bertz CT molecular complexity index is 1090. The van der Waals surface area contributed by atoms with Crippen molar-refractivity contribution < 1.29 is 14.2 Å². The molecule has 0 saturated heterocycles. The molecule has 158 valence electrons. The Hall–Kier alpha value is -3.48. The zero-order valence-corrected chi connectivity index (χ0v) is 18.0. The summed E-state index contributed by atoms with van der Waals surface area (Å²) in [5.74, 6) is 1.85. The Morgan fingerprint density at radius 2 is 1.77 bits per heavy atom. The summed E-state index contributed by atoms with van der Waals surface area (Å²) in [6.45, 7) is 3.91. The number of para-hydroxylation sites is 1. The molecule has 7 nitrogen and oxygen atoms in total. The van der Waals surface area contributed by atoms with Gasteiger partial charge in [-0.25, -0.2) is 9.67 Å². The molecule has 0 atom stereocenters. The number of hydrogen-bond donors (Lipinski definition) is 1. The summed E-state index contributed by atoms with van der Waals surface area (Å²) in [6, 6.07) is 12.8. The van der Waals surface area contributed by atoms with Crippen LogP contribution in [0.3, 0.4) is 0 Å². The zero-order valence-electron chi connectivity index (χ0n) is 18.0. The highest BCUT2D eigenvalue weighted by Gasteiger charge is 2.18. The average Bonchev–Trinajstić information content (AvgIpc) is 3.09. The van der Waals surface area contributed by atoms with Crippen molar-refractivity contribution in [3.63, 3.8) is 0 Å². The monoisotopic (exact) mass is 409 g/mol. The van der Waals surface area contributed by atoms with E-state index in [4.69, 9.17) is 19.2 Å². The maximum Gasteiger partial charge on any atom is 0.280 e. The summed E-state index contributed by atoms with van der Waals surface area (Å²) in [5, 5.41) is 3.25. The number of H-pyrrole nitrogens is 1. The SMILES string of the molecule is CCCc1[nH]n(-c2ccc(OC)cc2)c(=O)c1C(C)=Nc1cccc(OC)c1OC. The van der Waals surface area contributed by atoms with Crippen LogP contribution in [0.15, 0.2) is 52.3 Å². The number of ether oxygens (including phenoxy) is 3. The topological polar surface area (TPSA) is 77.8 Å². The maximum absolute atomic E-state index is 13.3. The fraction of sp³-hybridized carbons (Fsp3) is 0.304. The van der Waals surface area contributed by atoms with Crippen molar-refractivity contribution in [3.05, 3.63) is 64.1 Å². The number of benzene rings is 2. The minimum Gasteiger partial charge on any atom is -0.497 e. The number of rotatable bonds is 8. The largest absolute Gasteiger partial charge is 0.497 e. The molecule has 0 fully saturated rings. The first-order chi connectivity index (χ1) is 14.5. The summed E-state index contributed by atoms with van der Waals surface area (Å²) >= 11 is 0. The molecule has 0 radical (unpaired) electrons. The highest BCUT2D eigenvalue weighted by molar-refractivity contribution is 6.01. The highest BCUT2D eigenvalue weighted by atomic mass is 16.5. The summed E-state index contributed by atoms with van der Waals surface area (Å²) in [4.78, 5) is 18.0. The van der Waals surface area contributed by atoms with Gasteiger partial charge < -0.3 is 14.2 Å². The predicted octanol–water partition coefficient (Wildman–Crippen LogP) is 4.28. The molecule has 1 N–H and O–H groups in total. The third-order valence-electron chi connectivity index (χ3n) is 4.83. The van der Waals surface area contributed by atoms with Crippen LogP contribution in [0.25, 0.3) is 5.69 Å². The van der Waals surface area contributed by atoms with Gasteiger partial charge in [0, 0.05) is 5.69 Å². The van der Waals surface area contributed by atoms with Gasteiger partial charge in [0.1, 0.15) is 11.4 Å². The van der Waals surface area contributed by atoms with Crippen molar-refractivity contribution in [1.82, 2.24) is 9.78 Å². The van der Waals surface area contributed by atoms with Gasteiger partial charge in [0.05, 0.1) is 38.3 Å². The molecule has 30 heavy (non-hydrogen) atoms. The molecule has 0 aliphatic carbocycles. The quantitative estimate of drug-likeness (QED) is 0.563. The van der Waals surface area contributed by atoms with Gasteiger partial charge in [0.15, 0.2) is 11.5 Å². The van der Waals surface area contributed by atoms with Gasteiger partial charge in [-0.05, 0) is 49.7 Å². The second-order valence-electron chi connectivity index (χ2n) is 6.76. The fourth-order valence-corrected chi connectivity index (χ4v) is 3.39. The summed E-state index contributed by atoms with van der Waals surface area (Å²) in [5.41, 5.74) is 3.22. The van der Waals surface area contributed by atoms with Gasteiger partial charge in [0.25, 0.3) is 5.56 Å². The van der Waals surface area contributed by atoms with Gasteiger partial charge in [-0.2, -0.15) is 0 Å². The molecule has 1 aromatic heterocycles. The van der Waals surface area contributed by atoms with E-state index in [1.807, 2.05) is 49.4 Å². The number of methoxy groups -OCH3 is 3. The molecule has 0 aliphatic heterocycles. The number of aromatic amines is 1. The van der Waals surface area contributed by atoms with Crippen molar-refractivity contribution in [3.8, 4) is 22.9 Å². The summed E-state index contributed by atoms with van der Waals surface area (Å²) < 4.78 is 17.6. The molecule has 1 heterocycles. The van der Waals surface area contributed by atoms with Crippen molar-refractivity contribution in [1.29, 1.82) is 0 Å². The van der Waals surface area contributed by atoms with Gasteiger partial charge in [-0.1, -0.05) is 19.4 Å². The average molecular weight is 409 g/mol. The van der Waals surface area contributed by atoms with Crippen molar-refractivity contribution in [2.45, 2.75) is 26.7 Å². The maximum atomic E-state index is 13.3. The van der Waals surface area contributed by atoms with Crippen LogP contribution in [0, 0.1) is 0 Å². The first-order valence-electron chi connectivity index (χ1n) is 9.79. The molecule has 0 saturated carbocycles. The lowest BCUT2D eigenvalue weighted by atomic mass is 10.1. The summed E-state index contributed by atoms with van der Waals surface area (Å²) in [6.07, 6.45) is 1.63. The van der Waals surface area contributed by atoms with Crippen LogP contribution in [0.4, 0.5) is 5.69 Å².